The van der Waals surface area contributed by atoms with Gasteiger partial charge in [0.25, 0.3) is 5.91 Å². The standard InChI is InChI=1S/C23H19N7OS/c1-25-23(31)13-3-4-19(27-7-13)17-6-15(8-28-21(17)24)14-5-16-18(20-10-26-12-32-20)11-30(2)22(16)29-9-14/h3-12H,1-2H3,(H2,24,28)(H,25,31). The fraction of sp³-hybridized carbons (Fsp3) is 0.0870. The maximum atomic E-state index is 11.8. The molecule has 5 heterocycles. The van der Waals surface area contributed by atoms with Crippen molar-refractivity contribution >= 4 is 34.1 Å². The topological polar surface area (TPSA) is 112 Å². The van der Waals surface area contributed by atoms with Crippen molar-refractivity contribution in [2.24, 2.45) is 7.05 Å². The molecule has 0 aliphatic carbocycles. The number of nitrogens with one attached hydrogen (secondary N) is 1. The highest BCUT2D eigenvalue weighted by molar-refractivity contribution is 7.13. The zero-order valence-electron chi connectivity index (χ0n) is 17.4. The number of fused-ring (bicyclic) bond motifs is 1. The fourth-order valence-corrected chi connectivity index (χ4v) is 4.28. The molecule has 0 spiro atoms. The van der Waals surface area contributed by atoms with Gasteiger partial charge in [-0.05, 0) is 24.3 Å². The molecule has 0 aliphatic rings. The van der Waals surface area contributed by atoms with Crippen molar-refractivity contribution in [2.45, 2.75) is 0 Å². The highest BCUT2D eigenvalue weighted by Crippen LogP contribution is 2.35. The summed E-state index contributed by atoms with van der Waals surface area (Å²) in [6.07, 6.45) is 9.02. The van der Waals surface area contributed by atoms with Crippen LogP contribution in [0.2, 0.25) is 0 Å². The molecule has 0 aliphatic heterocycles. The highest BCUT2D eigenvalue weighted by Gasteiger charge is 2.14. The maximum absolute atomic E-state index is 11.8. The number of hydrogen-bond acceptors (Lipinski definition) is 7. The summed E-state index contributed by atoms with van der Waals surface area (Å²) in [4.78, 5) is 30.6. The smallest absolute Gasteiger partial charge is 0.252 e. The van der Waals surface area contributed by atoms with Crippen LogP contribution in [-0.2, 0) is 7.05 Å². The van der Waals surface area contributed by atoms with Crippen LogP contribution < -0.4 is 11.1 Å². The van der Waals surface area contributed by atoms with Crippen LogP contribution in [0.1, 0.15) is 10.4 Å². The first-order chi connectivity index (χ1) is 15.5. The van der Waals surface area contributed by atoms with E-state index in [-0.39, 0.29) is 5.91 Å². The molecule has 1 amide bonds. The zero-order valence-corrected chi connectivity index (χ0v) is 18.2. The van der Waals surface area contributed by atoms with Gasteiger partial charge in [0.15, 0.2) is 0 Å². The number of nitrogen functional groups attached to an aromatic ring is 1. The number of nitrogens with two attached hydrogens (primary N) is 1. The first kappa shape index (κ1) is 19.8. The molecule has 0 saturated heterocycles. The van der Waals surface area contributed by atoms with Crippen LogP contribution in [0.25, 0.3) is 43.9 Å². The number of aromatic nitrogens is 5. The predicted octanol–water partition coefficient (Wildman–Crippen LogP) is 3.76. The van der Waals surface area contributed by atoms with E-state index in [2.05, 4.69) is 37.5 Å². The number of nitrogens with zero attached hydrogens (tertiary/aromatic N) is 5. The molecule has 8 nitrogen and oxygen atoms in total. The molecule has 0 atom stereocenters. The molecule has 5 aromatic rings. The van der Waals surface area contributed by atoms with E-state index >= 15 is 0 Å². The Hall–Kier alpha value is -4.11. The Labute approximate surface area is 187 Å². The Morgan fingerprint density at radius 3 is 2.56 bits per heavy atom. The lowest BCUT2D eigenvalue weighted by Gasteiger charge is -2.09. The molecule has 0 aromatic carbocycles. The number of amides is 1. The van der Waals surface area contributed by atoms with Crippen molar-refractivity contribution in [1.29, 1.82) is 0 Å². The molecule has 0 saturated carbocycles. The Kier molecular flexibility index (Phi) is 4.87. The van der Waals surface area contributed by atoms with E-state index in [1.807, 2.05) is 35.6 Å². The molecule has 5 aromatic heterocycles. The molecular formula is C23H19N7OS. The summed E-state index contributed by atoms with van der Waals surface area (Å²) in [5, 5.41) is 3.63. The minimum atomic E-state index is -0.192. The zero-order chi connectivity index (χ0) is 22.2. The van der Waals surface area contributed by atoms with Crippen LogP contribution in [0, 0.1) is 0 Å². The van der Waals surface area contributed by atoms with Crippen LogP contribution in [0.4, 0.5) is 5.82 Å². The number of pyridine rings is 3. The van der Waals surface area contributed by atoms with Gasteiger partial charge in [-0.25, -0.2) is 9.97 Å². The number of rotatable bonds is 4. The van der Waals surface area contributed by atoms with Gasteiger partial charge in [-0.2, -0.15) is 0 Å². The normalized spacial score (nSPS) is 11.1. The molecule has 9 heteroatoms. The number of carbonyl (C=O) groups excluding carboxylic acids is 1. The van der Waals surface area contributed by atoms with E-state index in [9.17, 15) is 4.79 Å². The van der Waals surface area contributed by atoms with Crippen molar-refractivity contribution in [3.8, 4) is 32.8 Å². The summed E-state index contributed by atoms with van der Waals surface area (Å²) < 4.78 is 2.01. The van der Waals surface area contributed by atoms with Gasteiger partial charge in [-0.3, -0.25) is 14.8 Å². The molecule has 0 fully saturated rings. The summed E-state index contributed by atoms with van der Waals surface area (Å²) in [7, 11) is 3.57. The number of aryl methyl sites for hydroxylation is 1. The van der Waals surface area contributed by atoms with Crippen LogP contribution >= 0.6 is 11.3 Å². The lowest BCUT2D eigenvalue weighted by molar-refractivity contribution is 0.0963. The third-order valence-electron chi connectivity index (χ3n) is 5.29. The van der Waals surface area contributed by atoms with Crippen LogP contribution in [0.5, 0.6) is 0 Å². The number of anilines is 1. The average molecular weight is 442 g/mol. The molecule has 5 rings (SSSR count). The second-order valence-electron chi connectivity index (χ2n) is 7.28. The Morgan fingerprint density at radius 1 is 1.03 bits per heavy atom. The van der Waals surface area contributed by atoms with Crippen molar-refractivity contribution in [3.63, 3.8) is 0 Å². The van der Waals surface area contributed by atoms with Crippen LogP contribution in [0.3, 0.4) is 0 Å². The molecule has 158 valence electrons. The molecule has 0 unspecified atom stereocenters. The third-order valence-corrected chi connectivity index (χ3v) is 6.10. The molecule has 0 radical (unpaired) electrons. The van der Waals surface area contributed by atoms with E-state index in [4.69, 9.17) is 5.73 Å². The Morgan fingerprint density at radius 2 is 1.84 bits per heavy atom. The average Bonchev–Trinajstić information content (AvgIpc) is 3.47. The van der Waals surface area contributed by atoms with Crippen molar-refractivity contribution in [3.05, 3.63) is 66.3 Å². The molecule has 32 heavy (non-hydrogen) atoms. The Bertz CT molecular complexity index is 1440. The summed E-state index contributed by atoms with van der Waals surface area (Å²) in [5.74, 6) is 0.177. The van der Waals surface area contributed by atoms with E-state index in [1.165, 1.54) is 6.20 Å². The van der Waals surface area contributed by atoms with E-state index in [0.29, 0.717) is 22.6 Å². The van der Waals surface area contributed by atoms with Gasteiger partial charge in [0, 0.05) is 72.7 Å². The van der Waals surface area contributed by atoms with Crippen molar-refractivity contribution < 1.29 is 4.79 Å². The van der Waals surface area contributed by atoms with Gasteiger partial charge in [0.2, 0.25) is 0 Å². The first-order valence-electron chi connectivity index (χ1n) is 9.83. The summed E-state index contributed by atoms with van der Waals surface area (Å²) in [6.45, 7) is 0. The molecule has 3 N–H and O–H groups in total. The predicted molar refractivity (Wildman–Crippen MR) is 126 cm³/mol. The SMILES string of the molecule is CNC(=O)c1ccc(-c2cc(-c3cnc4c(c3)c(-c3cncs3)cn4C)cnc2N)nc1. The Balaban J connectivity index is 1.58. The molecule has 0 bridgehead atoms. The lowest BCUT2D eigenvalue weighted by atomic mass is 10.0. The maximum Gasteiger partial charge on any atom is 0.252 e. The van der Waals surface area contributed by atoms with Gasteiger partial charge < -0.3 is 15.6 Å². The van der Waals surface area contributed by atoms with Crippen LogP contribution in [0.15, 0.2) is 60.8 Å². The van der Waals surface area contributed by atoms with Gasteiger partial charge in [0.05, 0.1) is 21.6 Å². The van der Waals surface area contributed by atoms with Gasteiger partial charge >= 0.3 is 0 Å². The summed E-state index contributed by atoms with van der Waals surface area (Å²) in [5.41, 5.74) is 13.6. The summed E-state index contributed by atoms with van der Waals surface area (Å²) in [6, 6.07) is 7.54. The first-order valence-corrected chi connectivity index (χ1v) is 10.7. The van der Waals surface area contributed by atoms with Crippen molar-refractivity contribution in [2.75, 3.05) is 12.8 Å². The minimum absolute atomic E-state index is 0.192. The van der Waals surface area contributed by atoms with E-state index in [0.717, 1.165) is 32.6 Å². The fourth-order valence-electron chi connectivity index (χ4n) is 3.63. The van der Waals surface area contributed by atoms with E-state index in [1.54, 1.807) is 36.7 Å². The lowest BCUT2D eigenvalue weighted by Crippen LogP contribution is -2.17. The number of thiazole rings is 1. The largest absolute Gasteiger partial charge is 0.383 e. The van der Waals surface area contributed by atoms with Crippen LogP contribution in [-0.4, -0.2) is 37.5 Å². The van der Waals surface area contributed by atoms with Crippen molar-refractivity contribution in [1.82, 2.24) is 29.8 Å². The second kappa shape index (κ2) is 7.86. The molecular weight excluding hydrogens is 422 g/mol. The van der Waals surface area contributed by atoms with Gasteiger partial charge in [-0.15, -0.1) is 11.3 Å². The second-order valence-corrected chi connectivity index (χ2v) is 8.17. The number of hydrogen-bond donors (Lipinski definition) is 2. The summed E-state index contributed by atoms with van der Waals surface area (Å²) >= 11 is 1.59. The highest BCUT2D eigenvalue weighted by atomic mass is 32.1. The number of carbonyl (C=O) groups is 1. The third kappa shape index (κ3) is 3.38. The monoisotopic (exact) mass is 441 g/mol. The van der Waals surface area contributed by atoms with E-state index < -0.39 is 0 Å². The van der Waals surface area contributed by atoms with Gasteiger partial charge in [0.1, 0.15) is 11.5 Å². The minimum Gasteiger partial charge on any atom is -0.383 e. The quantitative estimate of drug-likeness (QED) is 0.439. The van der Waals surface area contributed by atoms with Gasteiger partial charge in [-0.1, -0.05) is 0 Å².